The predicted molar refractivity (Wildman–Crippen MR) is 80.8 cm³/mol. The van der Waals surface area contributed by atoms with Crippen LogP contribution in [-0.4, -0.2) is 38.4 Å². The van der Waals surface area contributed by atoms with Crippen LogP contribution >= 0.6 is 0 Å². The second kappa shape index (κ2) is 11.1. The van der Waals surface area contributed by atoms with Gasteiger partial charge in [-0.05, 0) is 19.3 Å². The molecule has 0 aromatic heterocycles. The summed E-state index contributed by atoms with van der Waals surface area (Å²) >= 11 is 0. The summed E-state index contributed by atoms with van der Waals surface area (Å²) in [6, 6.07) is 0.155. The highest BCUT2D eigenvalue weighted by atomic mass is 16.5. The summed E-state index contributed by atoms with van der Waals surface area (Å²) in [6.45, 7) is 3.47. The third-order valence-electron chi connectivity index (χ3n) is 3.92. The van der Waals surface area contributed by atoms with Gasteiger partial charge < -0.3 is 14.8 Å². The average Bonchev–Trinajstić information content (AvgIpc) is 2.68. The lowest BCUT2D eigenvalue weighted by Gasteiger charge is -2.15. The molecular weight excluding hydrogens is 254 g/mol. The fourth-order valence-electron chi connectivity index (χ4n) is 2.56. The molecule has 0 saturated carbocycles. The quantitative estimate of drug-likeness (QED) is 0.662. The Balaban J connectivity index is 2.06. The molecule has 1 aliphatic rings. The van der Waals surface area contributed by atoms with Crippen LogP contribution in [0.5, 0.6) is 0 Å². The van der Waals surface area contributed by atoms with Crippen molar-refractivity contribution < 1.29 is 14.3 Å². The number of rotatable bonds is 9. The van der Waals surface area contributed by atoms with Crippen molar-refractivity contribution in [2.75, 3.05) is 20.3 Å². The first-order valence-corrected chi connectivity index (χ1v) is 8.16. The fraction of sp³-hybridized carbons (Fsp3) is 0.938. The molecule has 4 heteroatoms. The summed E-state index contributed by atoms with van der Waals surface area (Å²) < 4.78 is 10.8. The summed E-state index contributed by atoms with van der Waals surface area (Å²) in [6.07, 6.45) is 10.0. The number of carbonyl (C=O) groups is 1. The van der Waals surface area contributed by atoms with Crippen molar-refractivity contribution in [2.45, 2.75) is 76.9 Å². The Kier molecular flexibility index (Phi) is 9.67. The number of methoxy groups -OCH3 is 1. The van der Waals surface area contributed by atoms with Crippen molar-refractivity contribution in [1.29, 1.82) is 0 Å². The molecule has 1 amide bonds. The minimum atomic E-state index is 0.155. The molecule has 2 atom stereocenters. The Morgan fingerprint density at radius 3 is 2.65 bits per heavy atom. The van der Waals surface area contributed by atoms with Gasteiger partial charge in [-0.2, -0.15) is 0 Å². The number of carbonyl (C=O) groups excluding carboxylic acids is 1. The molecule has 0 aliphatic carbocycles. The largest absolute Gasteiger partial charge is 0.379 e. The first kappa shape index (κ1) is 17.4. The lowest BCUT2D eigenvalue weighted by atomic mass is 10.1. The Morgan fingerprint density at radius 1 is 1.15 bits per heavy atom. The second-order valence-corrected chi connectivity index (χ2v) is 5.75. The maximum Gasteiger partial charge on any atom is 0.220 e. The number of hydrogen-bond acceptors (Lipinski definition) is 3. The summed E-state index contributed by atoms with van der Waals surface area (Å²) in [5.41, 5.74) is 0. The Bertz CT molecular complexity index is 258. The average molecular weight is 285 g/mol. The summed E-state index contributed by atoms with van der Waals surface area (Å²) in [7, 11) is 1.71. The van der Waals surface area contributed by atoms with E-state index in [1.165, 1.54) is 32.1 Å². The highest BCUT2D eigenvalue weighted by molar-refractivity contribution is 5.76. The van der Waals surface area contributed by atoms with E-state index in [1.807, 2.05) is 0 Å². The monoisotopic (exact) mass is 285 g/mol. The zero-order chi connectivity index (χ0) is 14.6. The van der Waals surface area contributed by atoms with Gasteiger partial charge in [-0.15, -0.1) is 0 Å². The van der Waals surface area contributed by atoms with Crippen molar-refractivity contribution in [3.8, 4) is 0 Å². The molecule has 0 aromatic carbocycles. The molecule has 4 nitrogen and oxygen atoms in total. The van der Waals surface area contributed by atoms with Crippen LogP contribution < -0.4 is 5.32 Å². The minimum Gasteiger partial charge on any atom is -0.379 e. The smallest absolute Gasteiger partial charge is 0.220 e. The molecule has 0 spiro atoms. The highest BCUT2D eigenvalue weighted by Crippen LogP contribution is 2.12. The van der Waals surface area contributed by atoms with Crippen molar-refractivity contribution in [3.05, 3.63) is 0 Å². The van der Waals surface area contributed by atoms with Gasteiger partial charge in [0.2, 0.25) is 5.91 Å². The van der Waals surface area contributed by atoms with Gasteiger partial charge in [0.05, 0.1) is 25.4 Å². The zero-order valence-electron chi connectivity index (χ0n) is 13.2. The van der Waals surface area contributed by atoms with Gasteiger partial charge in [0.15, 0.2) is 0 Å². The molecule has 1 heterocycles. The highest BCUT2D eigenvalue weighted by Gasteiger charge is 2.20. The summed E-state index contributed by atoms with van der Waals surface area (Å²) in [5, 5.41) is 3.09. The Hall–Kier alpha value is -0.610. The van der Waals surface area contributed by atoms with Crippen LogP contribution in [0.3, 0.4) is 0 Å². The molecule has 1 N–H and O–H groups in total. The maximum atomic E-state index is 11.9. The zero-order valence-corrected chi connectivity index (χ0v) is 13.2. The van der Waals surface area contributed by atoms with Crippen molar-refractivity contribution >= 4 is 5.91 Å². The molecule has 2 unspecified atom stereocenters. The van der Waals surface area contributed by atoms with E-state index in [0.29, 0.717) is 19.6 Å². The molecule has 1 aliphatic heterocycles. The number of unbranched alkanes of at least 4 members (excludes halogenated alkanes) is 5. The van der Waals surface area contributed by atoms with Crippen LogP contribution in [0.25, 0.3) is 0 Å². The number of amides is 1. The summed E-state index contributed by atoms with van der Waals surface area (Å²) in [4.78, 5) is 11.9. The van der Waals surface area contributed by atoms with Crippen LogP contribution in [0.15, 0.2) is 0 Å². The molecule has 1 rings (SSSR count). The van der Waals surface area contributed by atoms with E-state index in [4.69, 9.17) is 9.47 Å². The van der Waals surface area contributed by atoms with Crippen LogP contribution in [0.4, 0.5) is 0 Å². The van der Waals surface area contributed by atoms with Gasteiger partial charge in [-0.3, -0.25) is 4.79 Å². The van der Waals surface area contributed by atoms with Gasteiger partial charge in [0.25, 0.3) is 0 Å². The molecule has 0 radical (unpaired) electrons. The van der Waals surface area contributed by atoms with Crippen LogP contribution in [0, 0.1) is 0 Å². The predicted octanol–water partition coefficient (Wildman–Crippen LogP) is 3.05. The third kappa shape index (κ3) is 7.85. The SMILES string of the molecule is CCCCCCCCC(=O)NC1CCC(OC)COC1. The van der Waals surface area contributed by atoms with E-state index in [2.05, 4.69) is 12.2 Å². The van der Waals surface area contributed by atoms with Crippen molar-refractivity contribution in [1.82, 2.24) is 5.32 Å². The van der Waals surface area contributed by atoms with Crippen LogP contribution in [0.2, 0.25) is 0 Å². The van der Waals surface area contributed by atoms with Crippen molar-refractivity contribution in [3.63, 3.8) is 0 Å². The molecule has 1 saturated heterocycles. The van der Waals surface area contributed by atoms with Gasteiger partial charge in [0, 0.05) is 13.5 Å². The van der Waals surface area contributed by atoms with E-state index in [-0.39, 0.29) is 18.1 Å². The van der Waals surface area contributed by atoms with E-state index >= 15 is 0 Å². The van der Waals surface area contributed by atoms with Gasteiger partial charge in [0.1, 0.15) is 0 Å². The summed E-state index contributed by atoms with van der Waals surface area (Å²) in [5.74, 6) is 0.171. The maximum absolute atomic E-state index is 11.9. The third-order valence-corrected chi connectivity index (χ3v) is 3.92. The molecule has 20 heavy (non-hydrogen) atoms. The normalized spacial score (nSPS) is 23.3. The first-order valence-electron chi connectivity index (χ1n) is 8.16. The minimum absolute atomic E-state index is 0.155. The standard InChI is InChI=1S/C16H31NO3/c1-3-4-5-6-7-8-9-16(18)17-14-10-11-15(19-2)13-20-12-14/h14-15H,3-13H2,1-2H3,(H,17,18). The van der Waals surface area contributed by atoms with Gasteiger partial charge in [-0.25, -0.2) is 0 Å². The van der Waals surface area contributed by atoms with Crippen LogP contribution in [-0.2, 0) is 14.3 Å². The van der Waals surface area contributed by atoms with E-state index in [0.717, 1.165) is 19.3 Å². The number of nitrogens with one attached hydrogen (secondary N) is 1. The Labute approximate surface area is 123 Å². The number of hydrogen-bond donors (Lipinski definition) is 1. The molecular formula is C16H31NO3. The van der Waals surface area contributed by atoms with E-state index < -0.39 is 0 Å². The molecule has 118 valence electrons. The van der Waals surface area contributed by atoms with Crippen molar-refractivity contribution in [2.24, 2.45) is 0 Å². The molecule has 0 bridgehead atoms. The van der Waals surface area contributed by atoms with E-state index in [9.17, 15) is 4.79 Å². The van der Waals surface area contributed by atoms with Gasteiger partial charge in [-0.1, -0.05) is 39.0 Å². The van der Waals surface area contributed by atoms with Crippen LogP contribution in [0.1, 0.15) is 64.7 Å². The molecule has 1 fully saturated rings. The lowest BCUT2D eigenvalue weighted by Crippen LogP contribution is -2.37. The lowest BCUT2D eigenvalue weighted by molar-refractivity contribution is -0.122. The van der Waals surface area contributed by atoms with E-state index in [1.54, 1.807) is 7.11 Å². The Morgan fingerprint density at radius 2 is 1.90 bits per heavy atom. The number of ether oxygens (including phenoxy) is 2. The first-order chi connectivity index (χ1) is 9.76. The topological polar surface area (TPSA) is 47.6 Å². The van der Waals surface area contributed by atoms with Gasteiger partial charge >= 0.3 is 0 Å². The second-order valence-electron chi connectivity index (χ2n) is 5.75. The fourth-order valence-corrected chi connectivity index (χ4v) is 2.56. The molecule has 0 aromatic rings.